The number of carbonyl (C=O) groups excluding carboxylic acids is 1. The van der Waals surface area contributed by atoms with Crippen LogP contribution in [-0.4, -0.2) is 35.1 Å². The fourth-order valence-corrected chi connectivity index (χ4v) is 2.41. The molecule has 0 aliphatic heterocycles. The van der Waals surface area contributed by atoms with Crippen molar-refractivity contribution >= 4 is 11.8 Å². The van der Waals surface area contributed by atoms with Gasteiger partial charge in [-0.05, 0) is 44.1 Å². The van der Waals surface area contributed by atoms with Crippen LogP contribution in [-0.2, 0) is 0 Å². The Hall–Kier alpha value is -2.66. The number of aromatic hydroxyl groups is 1. The summed E-state index contributed by atoms with van der Waals surface area (Å²) in [6.45, 7) is 6.86. The number of aromatic carboxylic acids is 1. The maximum Gasteiger partial charge on any atom is 0.336 e. The highest BCUT2D eigenvalue weighted by Crippen LogP contribution is 2.21. The second-order valence-corrected chi connectivity index (χ2v) is 6.15. The molecule has 0 unspecified atom stereocenters. The van der Waals surface area contributed by atoms with Gasteiger partial charge in [0.2, 0.25) is 0 Å². The smallest absolute Gasteiger partial charge is 0.336 e. The van der Waals surface area contributed by atoms with Crippen molar-refractivity contribution in [1.29, 1.82) is 0 Å². The number of carboxylic acid groups (broad SMARTS) is 1. The summed E-state index contributed by atoms with van der Waals surface area (Å²) >= 11 is 0. The van der Waals surface area contributed by atoms with Crippen LogP contribution in [0.25, 0.3) is 0 Å². The summed E-state index contributed by atoms with van der Waals surface area (Å²) in [6.07, 6.45) is 5.26. The van der Waals surface area contributed by atoms with Gasteiger partial charge in [-0.3, -0.25) is 4.79 Å². The minimum atomic E-state index is -1.17. The molecule has 0 aliphatic rings. The molecule has 2 aromatic rings. The molecule has 0 amide bonds. The van der Waals surface area contributed by atoms with E-state index in [0.29, 0.717) is 0 Å². The summed E-state index contributed by atoms with van der Waals surface area (Å²) in [5.74, 6) is -1.84. The van der Waals surface area contributed by atoms with Gasteiger partial charge in [0, 0.05) is 5.56 Å². The van der Waals surface area contributed by atoms with Crippen molar-refractivity contribution in [3.05, 3.63) is 65.2 Å². The third-order valence-corrected chi connectivity index (χ3v) is 3.96. The molecule has 0 aliphatic carbocycles. The Morgan fingerprint density at radius 2 is 1.30 bits per heavy atom. The molecule has 0 bridgehead atoms. The van der Waals surface area contributed by atoms with Crippen LogP contribution in [0.15, 0.2) is 48.5 Å². The Kier molecular flexibility index (Phi) is 10.5. The van der Waals surface area contributed by atoms with E-state index in [4.69, 9.17) is 5.11 Å². The molecule has 2 rings (SSSR count). The monoisotopic (exact) mass is 371 g/mol. The minimum Gasteiger partial charge on any atom is -0.507 e. The van der Waals surface area contributed by atoms with E-state index in [1.54, 1.807) is 24.3 Å². The fourth-order valence-electron chi connectivity index (χ4n) is 2.41. The first-order chi connectivity index (χ1) is 13.0. The van der Waals surface area contributed by atoms with E-state index in [0.717, 1.165) is 0 Å². The number of carboxylic acids is 1. The van der Waals surface area contributed by atoms with Crippen LogP contribution in [0, 0.1) is 0 Å². The number of unbranched alkanes of at least 4 members (excludes halogenated alkanes) is 2. The molecule has 0 spiro atoms. The lowest BCUT2D eigenvalue weighted by Crippen LogP contribution is -2.15. The molecule has 5 heteroatoms. The molecule has 0 fully saturated rings. The lowest BCUT2D eigenvalue weighted by molar-refractivity contribution is 0.0692. The lowest BCUT2D eigenvalue weighted by atomic mass is 9.98. The van der Waals surface area contributed by atoms with Crippen molar-refractivity contribution in [2.75, 3.05) is 13.1 Å². The van der Waals surface area contributed by atoms with E-state index in [1.165, 1.54) is 63.0 Å². The molecule has 146 valence electrons. The normalized spacial score (nSPS) is 10.0. The summed E-state index contributed by atoms with van der Waals surface area (Å²) in [4.78, 5) is 23.2. The summed E-state index contributed by atoms with van der Waals surface area (Å²) < 4.78 is 0. The summed E-state index contributed by atoms with van der Waals surface area (Å²) in [6, 6.07) is 12.0. The summed E-state index contributed by atoms with van der Waals surface area (Å²) in [5, 5.41) is 22.0. The lowest BCUT2D eigenvalue weighted by Gasteiger charge is -2.06. The molecular weight excluding hydrogens is 342 g/mol. The van der Waals surface area contributed by atoms with Gasteiger partial charge in [-0.1, -0.05) is 57.0 Å². The van der Waals surface area contributed by atoms with Crippen LogP contribution >= 0.6 is 0 Å². The van der Waals surface area contributed by atoms with Gasteiger partial charge in [-0.25, -0.2) is 4.79 Å². The number of carbonyl (C=O) groups is 2. The molecule has 5 nitrogen and oxygen atoms in total. The zero-order valence-electron chi connectivity index (χ0n) is 16.1. The van der Waals surface area contributed by atoms with E-state index >= 15 is 0 Å². The van der Waals surface area contributed by atoms with Crippen molar-refractivity contribution in [1.82, 2.24) is 5.32 Å². The van der Waals surface area contributed by atoms with Gasteiger partial charge >= 0.3 is 5.97 Å². The molecule has 0 aromatic heterocycles. The number of hydrogen-bond acceptors (Lipinski definition) is 4. The number of phenols is 1. The molecule has 0 radical (unpaired) electrons. The van der Waals surface area contributed by atoms with Gasteiger partial charge in [0.15, 0.2) is 5.78 Å². The zero-order valence-corrected chi connectivity index (χ0v) is 16.1. The number of nitrogens with one attached hydrogen (secondary N) is 1. The van der Waals surface area contributed by atoms with Crippen LogP contribution in [0.3, 0.4) is 0 Å². The highest BCUT2D eigenvalue weighted by atomic mass is 16.4. The third kappa shape index (κ3) is 7.62. The number of rotatable bonds is 9. The molecule has 3 N–H and O–H groups in total. The van der Waals surface area contributed by atoms with Crippen LogP contribution in [0.1, 0.15) is 65.8 Å². The molecular formula is C22H29NO4. The number of ketones is 1. The zero-order chi connectivity index (χ0) is 20.1. The SMILES string of the molecule is CCCCNCCCC.O=C(O)c1ccccc1C(=O)c1ccccc1O. The highest BCUT2D eigenvalue weighted by molar-refractivity contribution is 6.15. The van der Waals surface area contributed by atoms with Crippen molar-refractivity contribution in [2.45, 2.75) is 39.5 Å². The molecule has 0 saturated heterocycles. The second kappa shape index (κ2) is 12.7. The Morgan fingerprint density at radius 3 is 1.78 bits per heavy atom. The first-order valence-electron chi connectivity index (χ1n) is 9.38. The highest BCUT2D eigenvalue weighted by Gasteiger charge is 2.19. The van der Waals surface area contributed by atoms with Gasteiger partial charge in [0.25, 0.3) is 0 Å². The van der Waals surface area contributed by atoms with Gasteiger partial charge in [-0.15, -0.1) is 0 Å². The third-order valence-electron chi connectivity index (χ3n) is 3.96. The number of para-hydroxylation sites is 1. The van der Waals surface area contributed by atoms with Crippen molar-refractivity contribution in [2.24, 2.45) is 0 Å². The van der Waals surface area contributed by atoms with Crippen LogP contribution in [0.2, 0.25) is 0 Å². The molecule has 2 aromatic carbocycles. The molecule has 0 saturated carbocycles. The average Bonchev–Trinajstić information content (AvgIpc) is 2.68. The maximum absolute atomic E-state index is 12.2. The topological polar surface area (TPSA) is 86.6 Å². The van der Waals surface area contributed by atoms with E-state index in [2.05, 4.69) is 19.2 Å². The van der Waals surface area contributed by atoms with Crippen molar-refractivity contribution in [3.63, 3.8) is 0 Å². The van der Waals surface area contributed by atoms with Crippen molar-refractivity contribution < 1.29 is 19.8 Å². The largest absolute Gasteiger partial charge is 0.507 e. The van der Waals surface area contributed by atoms with Crippen LogP contribution in [0.5, 0.6) is 5.75 Å². The number of phenolic OH excluding ortho intramolecular Hbond substituents is 1. The van der Waals surface area contributed by atoms with Crippen LogP contribution in [0.4, 0.5) is 0 Å². The standard InChI is InChI=1S/C14H10O4.C8H19N/c15-12-8-4-3-7-11(12)13(16)9-5-1-2-6-10(9)14(17)18;1-3-5-7-9-8-6-4-2/h1-8,15H,(H,17,18);9H,3-8H2,1-2H3. The van der Waals surface area contributed by atoms with Crippen LogP contribution < -0.4 is 5.32 Å². The number of benzene rings is 2. The predicted molar refractivity (Wildman–Crippen MR) is 108 cm³/mol. The first-order valence-corrected chi connectivity index (χ1v) is 9.38. The Morgan fingerprint density at radius 1 is 0.815 bits per heavy atom. The summed E-state index contributed by atoms with van der Waals surface area (Å²) in [5.41, 5.74) is 0.0726. The first kappa shape index (κ1) is 22.4. The molecule has 0 atom stereocenters. The van der Waals surface area contributed by atoms with E-state index in [9.17, 15) is 14.7 Å². The van der Waals surface area contributed by atoms with Gasteiger partial charge in [0.05, 0.1) is 11.1 Å². The Labute approximate surface area is 161 Å². The maximum atomic E-state index is 12.2. The number of hydrogen-bond donors (Lipinski definition) is 3. The Balaban J connectivity index is 0.000000345. The van der Waals surface area contributed by atoms with Gasteiger partial charge < -0.3 is 15.5 Å². The van der Waals surface area contributed by atoms with Gasteiger partial charge in [0.1, 0.15) is 5.75 Å². The quantitative estimate of drug-likeness (QED) is 0.446. The van der Waals surface area contributed by atoms with Gasteiger partial charge in [-0.2, -0.15) is 0 Å². The van der Waals surface area contributed by atoms with E-state index < -0.39 is 11.8 Å². The average molecular weight is 371 g/mol. The predicted octanol–water partition coefficient (Wildman–Crippen LogP) is 4.50. The van der Waals surface area contributed by atoms with Crippen molar-refractivity contribution in [3.8, 4) is 5.75 Å². The molecule has 0 heterocycles. The second-order valence-electron chi connectivity index (χ2n) is 6.15. The molecule has 27 heavy (non-hydrogen) atoms. The minimum absolute atomic E-state index is 0.0616. The Bertz CT molecular complexity index is 722. The summed E-state index contributed by atoms with van der Waals surface area (Å²) in [7, 11) is 0. The van der Waals surface area contributed by atoms with E-state index in [1.807, 2.05) is 0 Å². The fraction of sp³-hybridized carbons (Fsp3) is 0.364. The van der Waals surface area contributed by atoms with E-state index in [-0.39, 0.29) is 22.4 Å².